The average Bonchev–Trinajstić information content (AvgIpc) is 2.82. The normalized spacial score (nSPS) is 49.6. The number of carbonyl (C=O) groups excluding carboxylic acids is 1. The molecular weight excluding hydrogens is 324 g/mol. The lowest BCUT2D eigenvalue weighted by Gasteiger charge is -2.60. The average molecular weight is 359 g/mol. The van der Waals surface area contributed by atoms with E-state index in [9.17, 15) is 9.90 Å². The van der Waals surface area contributed by atoms with Gasteiger partial charge in [0.05, 0.1) is 0 Å². The van der Waals surface area contributed by atoms with Crippen molar-refractivity contribution in [2.75, 3.05) is 0 Å². The van der Waals surface area contributed by atoms with Gasteiger partial charge in [-0.1, -0.05) is 32.3 Å². The van der Waals surface area contributed by atoms with Crippen molar-refractivity contribution in [1.82, 2.24) is 0 Å². The Bertz CT molecular complexity index is 698. The SMILES string of the molecule is CC#CC1(O)CC[C@H]2[C@@H]3CC(C)C4=CC(=O)CC[C@]4(C)[C@@H]3CC[C@@]21C.O. The molecule has 0 aromatic carbocycles. The van der Waals surface area contributed by atoms with Crippen molar-refractivity contribution >= 4 is 5.78 Å². The highest BCUT2D eigenvalue weighted by Crippen LogP contribution is 2.68. The maximum Gasteiger partial charge on any atom is 0.155 e. The van der Waals surface area contributed by atoms with E-state index in [1.807, 2.05) is 13.0 Å². The van der Waals surface area contributed by atoms with Gasteiger partial charge in [-0.15, -0.1) is 5.92 Å². The van der Waals surface area contributed by atoms with Crippen LogP contribution in [0.3, 0.4) is 0 Å². The predicted octanol–water partition coefficient (Wildman–Crippen LogP) is 3.69. The van der Waals surface area contributed by atoms with Gasteiger partial charge in [0.25, 0.3) is 0 Å². The van der Waals surface area contributed by atoms with E-state index < -0.39 is 5.60 Å². The first-order valence-electron chi connectivity index (χ1n) is 10.2. The molecule has 0 heterocycles. The van der Waals surface area contributed by atoms with E-state index in [1.165, 1.54) is 18.4 Å². The topological polar surface area (TPSA) is 68.8 Å². The number of aliphatic hydroxyl groups is 1. The Labute approximate surface area is 157 Å². The van der Waals surface area contributed by atoms with Gasteiger partial charge < -0.3 is 10.6 Å². The van der Waals surface area contributed by atoms with Crippen LogP contribution in [0.4, 0.5) is 0 Å². The molecule has 3 nitrogen and oxygen atoms in total. The lowest BCUT2D eigenvalue weighted by molar-refractivity contribution is -0.121. The van der Waals surface area contributed by atoms with Crippen molar-refractivity contribution in [2.24, 2.45) is 34.5 Å². The summed E-state index contributed by atoms with van der Waals surface area (Å²) >= 11 is 0. The highest BCUT2D eigenvalue weighted by Gasteiger charge is 2.64. The highest BCUT2D eigenvalue weighted by atomic mass is 16.3. The quantitative estimate of drug-likeness (QED) is 0.671. The number of rotatable bonds is 0. The van der Waals surface area contributed by atoms with Crippen molar-refractivity contribution in [3.8, 4) is 11.8 Å². The highest BCUT2D eigenvalue weighted by molar-refractivity contribution is 5.91. The molecule has 4 aliphatic rings. The van der Waals surface area contributed by atoms with E-state index in [0.717, 1.165) is 25.7 Å². The molecule has 0 radical (unpaired) electrons. The second kappa shape index (κ2) is 6.21. The monoisotopic (exact) mass is 358 g/mol. The van der Waals surface area contributed by atoms with Crippen LogP contribution >= 0.6 is 0 Å². The molecule has 0 saturated heterocycles. The molecule has 144 valence electrons. The van der Waals surface area contributed by atoms with Gasteiger partial charge in [0, 0.05) is 11.8 Å². The van der Waals surface area contributed by atoms with Gasteiger partial charge >= 0.3 is 0 Å². The fourth-order valence-electron chi connectivity index (χ4n) is 7.41. The van der Waals surface area contributed by atoms with E-state index in [1.54, 1.807) is 0 Å². The van der Waals surface area contributed by atoms with Crippen LogP contribution in [-0.4, -0.2) is 22.0 Å². The summed E-state index contributed by atoms with van der Waals surface area (Å²) in [6.07, 6.45) is 9.05. The molecule has 0 bridgehead atoms. The number of hydrogen-bond donors (Lipinski definition) is 1. The molecule has 2 unspecified atom stereocenters. The zero-order valence-corrected chi connectivity index (χ0v) is 16.7. The van der Waals surface area contributed by atoms with Gasteiger partial charge in [0.1, 0.15) is 5.60 Å². The summed E-state index contributed by atoms with van der Waals surface area (Å²) < 4.78 is 0. The smallest absolute Gasteiger partial charge is 0.155 e. The van der Waals surface area contributed by atoms with E-state index >= 15 is 0 Å². The van der Waals surface area contributed by atoms with Crippen LogP contribution in [0.2, 0.25) is 0 Å². The summed E-state index contributed by atoms with van der Waals surface area (Å²) in [6.45, 7) is 8.89. The van der Waals surface area contributed by atoms with Crippen LogP contribution in [-0.2, 0) is 4.79 Å². The first-order valence-corrected chi connectivity index (χ1v) is 10.2. The van der Waals surface area contributed by atoms with Crippen LogP contribution in [0.25, 0.3) is 0 Å². The number of allylic oxidation sites excluding steroid dienone is 1. The van der Waals surface area contributed by atoms with Crippen LogP contribution in [0.15, 0.2) is 11.6 Å². The third-order valence-electron chi connectivity index (χ3n) is 8.76. The first kappa shape index (κ1) is 19.6. The molecule has 3 heteroatoms. The van der Waals surface area contributed by atoms with E-state index in [-0.39, 0.29) is 16.3 Å². The van der Waals surface area contributed by atoms with Gasteiger partial charge in [0.15, 0.2) is 5.78 Å². The molecule has 7 atom stereocenters. The number of ketones is 1. The minimum absolute atomic E-state index is 0. The molecule has 0 spiro atoms. The standard InChI is InChI=1S/C23H32O2.H2O/c1-5-9-23(25)12-8-19-17-13-15(2)20-14-16(24)6-10-21(20,3)18(17)7-11-22(19,23)4;/h14-15,17-19,25H,6-8,10-13H2,1-4H3;1H2/t15?,17-,18-,19+,21-,22+,23?;/m1./s1. The zero-order chi connectivity index (χ0) is 18.0. The van der Waals surface area contributed by atoms with Crippen molar-refractivity contribution in [3.05, 3.63) is 11.6 Å². The Morgan fingerprint density at radius 1 is 1.15 bits per heavy atom. The van der Waals surface area contributed by atoms with Gasteiger partial charge in [-0.3, -0.25) is 4.79 Å². The third kappa shape index (κ3) is 2.38. The summed E-state index contributed by atoms with van der Waals surface area (Å²) in [6, 6.07) is 0. The second-order valence-corrected chi connectivity index (χ2v) is 9.73. The van der Waals surface area contributed by atoms with Crippen LogP contribution in [0.5, 0.6) is 0 Å². The lowest BCUT2D eigenvalue weighted by atomic mass is 9.45. The number of hydrogen-bond acceptors (Lipinski definition) is 2. The molecule has 0 aromatic heterocycles. The summed E-state index contributed by atoms with van der Waals surface area (Å²) in [4.78, 5) is 12.0. The molecule has 0 aliphatic heterocycles. The molecule has 3 saturated carbocycles. The number of fused-ring (bicyclic) bond motifs is 5. The molecule has 3 fully saturated rings. The summed E-state index contributed by atoms with van der Waals surface area (Å²) in [5.41, 5.74) is 0.739. The Balaban J connectivity index is 0.00000196. The van der Waals surface area contributed by atoms with Crippen molar-refractivity contribution in [3.63, 3.8) is 0 Å². The molecule has 0 amide bonds. The number of carbonyl (C=O) groups is 1. The fraction of sp³-hybridized carbons (Fsp3) is 0.783. The van der Waals surface area contributed by atoms with E-state index in [0.29, 0.717) is 35.9 Å². The predicted molar refractivity (Wildman–Crippen MR) is 103 cm³/mol. The lowest BCUT2D eigenvalue weighted by Crippen LogP contribution is -2.55. The minimum atomic E-state index is -0.805. The molecule has 0 aromatic rings. The Morgan fingerprint density at radius 3 is 2.54 bits per heavy atom. The van der Waals surface area contributed by atoms with Crippen LogP contribution in [0, 0.1) is 46.3 Å². The van der Waals surface area contributed by atoms with Gasteiger partial charge in [-0.05, 0) is 80.6 Å². The summed E-state index contributed by atoms with van der Waals surface area (Å²) in [5, 5.41) is 11.3. The Hall–Kier alpha value is -1.11. The van der Waals surface area contributed by atoms with E-state index in [4.69, 9.17) is 0 Å². The van der Waals surface area contributed by atoms with Crippen LogP contribution in [0.1, 0.15) is 72.6 Å². The van der Waals surface area contributed by atoms with Crippen LogP contribution < -0.4 is 0 Å². The largest absolute Gasteiger partial charge is 0.412 e. The molecular formula is C23H34O3. The Kier molecular flexibility index (Phi) is 4.69. The molecule has 26 heavy (non-hydrogen) atoms. The van der Waals surface area contributed by atoms with Gasteiger partial charge in [0.2, 0.25) is 0 Å². The summed E-state index contributed by atoms with van der Waals surface area (Å²) in [5.74, 6) is 8.90. The molecule has 3 N–H and O–H groups in total. The van der Waals surface area contributed by atoms with Gasteiger partial charge in [-0.25, -0.2) is 0 Å². The van der Waals surface area contributed by atoms with Gasteiger partial charge in [-0.2, -0.15) is 0 Å². The van der Waals surface area contributed by atoms with Crippen molar-refractivity contribution in [2.45, 2.75) is 78.2 Å². The maximum absolute atomic E-state index is 12.0. The van der Waals surface area contributed by atoms with Crippen molar-refractivity contribution < 1.29 is 15.4 Å². The first-order chi connectivity index (χ1) is 11.7. The van der Waals surface area contributed by atoms with E-state index in [2.05, 4.69) is 32.6 Å². The summed E-state index contributed by atoms with van der Waals surface area (Å²) in [7, 11) is 0. The minimum Gasteiger partial charge on any atom is -0.412 e. The molecule has 4 aliphatic carbocycles. The fourth-order valence-corrected chi connectivity index (χ4v) is 7.41. The second-order valence-electron chi connectivity index (χ2n) is 9.73. The van der Waals surface area contributed by atoms with Crippen molar-refractivity contribution in [1.29, 1.82) is 0 Å². The third-order valence-corrected chi connectivity index (χ3v) is 8.76. The maximum atomic E-state index is 12.0. The Morgan fingerprint density at radius 2 is 1.85 bits per heavy atom. The zero-order valence-electron chi connectivity index (χ0n) is 16.7. The molecule has 4 rings (SSSR count).